The Morgan fingerprint density at radius 2 is 1.90 bits per heavy atom. The van der Waals surface area contributed by atoms with E-state index in [1.807, 2.05) is 45.0 Å². The molecule has 0 aliphatic heterocycles. The van der Waals surface area contributed by atoms with Crippen molar-refractivity contribution in [1.29, 1.82) is 0 Å². The maximum absolute atomic E-state index is 12.3. The maximum Gasteiger partial charge on any atom is 0.227 e. The number of benzene rings is 1. The highest BCUT2D eigenvalue weighted by Crippen LogP contribution is 2.22. The Bertz CT molecular complexity index is 428. The Morgan fingerprint density at radius 1 is 1.29 bits per heavy atom. The van der Waals surface area contributed by atoms with Gasteiger partial charge in [0.15, 0.2) is 0 Å². The molecule has 1 aromatic carbocycles. The standard InChI is InChI=1S/C17H27NO3/c1-5-15(13-6-8-14(21-4)9-7-13)17(20)18-11-10-16(19)12(2)3/h6-9,12,15-16,19H,5,10-11H2,1-4H3,(H,18,20). The van der Waals surface area contributed by atoms with Crippen LogP contribution in [0.3, 0.4) is 0 Å². The minimum absolute atomic E-state index is 0.0126. The first-order chi connectivity index (χ1) is 9.99. The summed E-state index contributed by atoms with van der Waals surface area (Å²) in [6.07, 6.45) is 0.958. The first-order valence-electron chi connectivity index (χ1n) is 7.59. The van der Waals surface area contributed by atoms with Gasteiger partial charge in [0.05, 0.1) is 19.1 Å². The number of rotatable bonds is 8. The zero-order chi connectivity index (χ0) is 15.8. The summed E-state index contributed by atoms with van der Waals surface area (Å²) in [4.78, 5) is 12.3. The third kappa shape index (κ3) is 5.38. The van der Waals surface area contributed by atoms with Gasteiger partial charge in [-0.3, -0.25) is 4.79 Å². The molecule has 0 aliphatic carbocycles. The van der Waals surface area contributed by atoms with Crippen molar-refractivity contribution in [3.05, 3.63) is 29.8 Å². The molecule has 0 fully saturated rings. The van der Waals surface area contributed by atoms with Crippen molar-refractivity contribution in [3.8, 4) is 5.75 Å². The molecule has 21 heavy (non-hydrogen) atoms. The molecule has 0 saturated carbocycles. The van der Waals surface area contributed by atoms with Gasteiger partial charge in [0, 0.05) is 6.54 Å². The molecule has 0 spiro atoms. The molecule has 0 saturated heterocycles. The molecular formula is C17H27NO3. The van der Waals surface area contributed by atoms with E-state index in [1.54, 1.807) is 7.11 Å². The molecule has 0 radical (unpaired) electrons. The first kappa shape index (κ1) is 17.5. The van der Waals surface area contributed by atoms with Crippen LogP contribution >= 0.6 is 0 Å². The van der Waals surface area contributed by atoms with Gasteiger partial charge in [-0.1, -0.05) is 32.9 Å². The Morgan fingerprint density at radius 3 is 2.38 bits per heavy atom. The van der Waals surface area contributed by atoms with Crippen LogP contribution in [-0.4, -0.2) is 30.8 Å². The zero-order valence-electron chi connectivity index (χ0n) is 13.4. The molecule has 0 bridgehead atoms. The number of aliphatic hydroxyl groups excluding tert-OH is 1. The maximum atomic E-state index is 12.3. The summed E-state index contributed by atoms with van der Waals surface area (Å²) < 4.78 is 5.13. The van der Waals surface area contributed by atoms with Crippen LogP contribution < -0.4 is 10.1 Å². The number of methoxy groups -OCH3 is 1. The van der Waals surface area contributed by atoms with Gasteiger partial charge in [-0.05, 0) is 36.5 Å². The number of carbonyl (C=O) groups is 1. The average molecular weight is 293 g/mol. The lowest BCUT2D eigenvalue weighted by Gasteiger charge is -2.18. The second-order valence-electron chi connectivity index (χ2n) is 5.63. The van der Waals surface area contributed by atoms with Crippen molar-refractivity contribution in [1.82, 2.24) is 5.32 Å². The van der Waals surface area contributed by atoms with Crippen LogP contribution in [0.2, 0.25) is 0 Å². The van der Waals surface area contributed by atoms with Crippen molar-refractivity contribution in [3.63, 3.8) is 0 Å². The summed E-state index contributed by atoms with van der Waals surface area (Å²) in [5, 5.41) is 12.7. The summed E-state index contributed by atoms with van der Waals surface area (Å²) in [5.74, 6) is 0.852. The van der Waals surface area contributed by atoms with E-state index in [0.29, 0.717) is 13.0 Å². The summed E-state index contributed by atoms with van der Waals surface area (Å²) in [5.41, 5.74) is 0.986. The number of nitrogens with one attached hydrogen (secondary N) is 1. The normalized spacial score (nSPS) is 13.8. The Hall–Kier alpha value is -1.55. The lowest BCUT2D eigenvalue weighted by atomic mass is 9.95. The van der Waals surface area contributed by atoms with Crippen LogP contribution in [0.15, 0.2) is 24.3 Å². The highest BCUT2D eigenvalue weighted by Gasteiger charge is 2.19. The van der Waals surface area contributed by atoms with Crippen LogP contribution in [0.25, 0.3) is 0 Å². The molecule has 118 valence electrons. The number of aliphatic hydroxyl groups is 1. The Kier molecular flexibility index (Phi) is 7.23. The molecule has 2 unspecified atom stereocenters. The van der Waals surface area contributed by atoms with Crippen LogP contribution in [-0.2, 0) is 4.79 Å². The monoisotopic (exact) mass is 293 g/mol. The van der Waals surface area contributed by atoms with E-state index in [2.05, 4.69) is 5.32 Å². The van der Waals surface area contributed by atoms with Crippen molar-refractivity contribution in [2.45, 2.75) is 45.6 Å². The molecule has 4 heteroatoms. The molecule has 2 N–H and O–H groups in total. The smallest absolute Gasteiger partial charge is 0.227 e. The lowest BCUT2D eigenvalue weighted by Crippen LogP contribution is -2.32. The Labute approximate surface area is 127 Å². The fourth-order valence-electron chi connectivity index (χ4n) is 2.21. The second-order valence-corrected chi connectivity index (χ2v) is 5.63. The van der Waals surface area contributed by atoms with E-state index in [4.69, 9.17) is 4.74 Å². The van der Waals surface area contributed by atoms with Crippen molar-refractivity contribution in [2.75, 3.05) is 13.7 Å². The number of ether oxygens (including phenoxy) is 1. The molecule has 0 aromatic heterocycles. The van der Waals surface area contributed by atoms with Crippen molar-refractivity contribution < 1.29 is 14.6 Å². The fraction of sp³-hybridized carbons (Fsp3) is 0.588. The van der Waals surface area contributed by atoms with Gasteiger partial charge in [0.25, 0.3) is 0 Å². The van der Waals surface area contributed by atoms with E-state index in [9.17, 15) is 9.90 Å². The minimum atomic E-state index is -0.369. The highest BCUT2D eigenvalue weighted by molar-refractivity contribution is 5.83. The van der Waals surface area contributed by atoms with Crippen LogP contribution in [0.5, 0.6) is 5.75 Å². The largest absolute Gasteiger partial charge is 0.497 e. The van der Waals surface area contributed by atoms with Gasteiger partial charge < -0.3 is 15.2 Å². The quantitative estimate of drug-likeness (QED) is 0.775. The molecule has 0 heterocycles. The van der Waals surface area contributed by atoms with Gasteiger partial charge in [0.2, 0.25) is 5.91 Å². The molecular weight excluding hydrogens is 266 g/mol. The van der Waals surface area contributed by atoms with Crippen LogP contribution in [0, 0.1) is 5.92 Å². The van der Waals surface area contributed by atoms with Gasteiger partial charge in [0.1, 0.15) is 5.75 Å². The molecule has 1 aromatic rings. The van der Waals surface area contributed by atoms with Crippen LogP contribution in [0.4, 0.5) is 0 Å². The van der Waals surface area contributed by atoms with E-state index >= 15 is 0 Å². The number of amides is 1. The predicted molar refractivity (Wildman–Crippen MR) is 84.5 cm³/mol. The molecule has 2 atom stereocenters. The second kappa shape index (κ2) is 8.67. The first-order valence-corrected chi connectivity index (χ1v) is 7.59. The Balaban J connectivity index is 2.56. The van der Waals surface area contributed by atoms with E-state index in [1.165, 1.54) is 0 Å². The van der Waals surface area contributed by atoms with Crippen LogP contribution in [0.1, 0.15) is 45.1 Å². The topological polar surface area (TPSA) is 58.6 Å². The average Bonchev–Trinajstić information content (AvgIpc) is 2.48. The predicted octanol–water partition coefficient (Wildman–Crippen LogP) is 2.71. The zero-order valence-corrected chi connectivity index (χ0v) is 13.4. The van der Waals surface area contributed by atoms with Crippen molar-refractivity contribution >= 4 is 5.91 Å². The SMILES string of the molecule is CCC(C(=O)NCCC(O)C(C)C)c1ccc(OC)cc1. The third-order valence-electron chi connectivity index (χ3n) is 3.75. The summed E-state index contributed by atoms with van der Waals surface area (Å²) in [7, 11) is 1.62. The van der Waals surface area contributed by atoms with E-state index < -0.39 is 0 Å². The lowest BCUT2D eigenvalue weighted by molar-refractivity contribution is -0.122. The van der Waals surface area contributed by atoms with Crippen molar-refractivity contribution in [2.24, 2.45) is 5.92 Å². The molecule has 1 amide bonds. The minimum Gasteiger partial charge on any atom is -0.497 e. The van der Waals surface area contributed by atoms with Gasteiger partial charge in [-0.25, -0.2) is 0 Å². The molecule has 0 aliphatic rings. The van der Waals surface area contributed by atoms with Gasteiger partial charge in [-0.2, -0.15) is 0 Å². The highest BCUT2D eigenvalue weighted by atomic mass is 16.5. The van der Waals surface area contributed by atoms with E-state index in [-0.39, 0.29) is 23.8 Å². The summed E-state index contributed by atoms with van der Waals surface area (Å²) in [6.45, 7) is 6.44. The summed E-state index contributed by atoms with van der Waals surface area (Å²) >= 11 is 0. The fourth-order valence-corrected chi connectivity index (χ4v) is 2.21. The van der Waals surface area contributed by atoms with E-state index in [0.717, 1.165) is 17.7 Å². The van der Waals surface area contributed by atoms with Gasteiger partial charge in [-0.15, -0.1) is 0 Å². The van der Waals surface area contributed by atoms with Gasteiger partial charge >= 0.3 is 0 Å². The molecule has 1 rings (SSSR count). The summed E-state index contributed by atoms with van der Waals surface area (Å²) in [6, 6.07) is 7.59. The number of carbonyl (C=O) groups excluding carboxylic acids is 1. The number of hydrogen-bond acceptors (Lipinski definition) is 3. The third-order valence-corrected chi connectivity index (χ3v) is 3.75. The number of hydrogen-bond donors (Lipinski definition) is 2. The molecule has 4 nitrogen and oxygen atoms in total.